The Morgan fingerprint density at radius 3 is 2.19 bits per heavy atom. The molecule has 0 aromatic rings. The van der Waals surface area contributed by atoms with E-state index < -0.39 is 5.60 Å². The average molecular weight is 313 g/mol. The number of nitrogens with zero attached hydrogens (tertiary/aromatic N) is 2. The van der Waals surface area contributed by atoms with Crippen molar-refractivity contribution in [2.45, 2.75) is 58.1 Å². The number of nitrogens with one attached hydrogen (secondary N) is 1. The molecule has 2 rings (SSSR count). The number of hydrogen-bond donors (Lipinski definition) is 1. The van der Waals surface area contributed by atoms with E-state index in [1.54, 1.807) is 4.90 Å². The van der Waals surface area contributed by atoms with Crippen molar-refractivity contribution < 1.29 is 9.53 Å². The number of carbonyl (C=O) groups excluding carboxylic acids is 1. The molecule has 0 aromatic heterocycles. The summed E-state index contributed by atoms with van der Waals surface area (Å²) in [5, 5.41) is 4.33. The number of likely N-dealkylation sites (tertiary alicyclic amines) is 2. The second kappa shape index (κ2) is 6.81. The van der Waals surface area contributed by atoms with Gasteiger partial charge in [0.25, 0.3) is 0 Å². The summed E-state index contributed by atoms with van der Waals surface area (Å²) in [6.07, 6.45) is 4.11. The zero-order valence-corrected chi connectivity index (χ0v) is 14.2. The summed E-state index contributed by atoms with van der Waals surface area (Å²) < 4.78 is 5.41. The van der Waals surface area contributed by atoms with E-state index in [-0.39, 0.29) is 6.09 Å². The van der Waals surface area contributed by atoms with E-state index in [1.165, 1.54) is 12.8 Å². The molecular formula is C15H27N3O2S. The Morgan fingerprint density at radius 1 is 1.10 bits per heavy atom. The first-order valence-corrected chi connectivity index (χ1v) is 8.29. The lowest BCUT2D eigenvalue weighted by Gasteiger charge is -2.35. The van der Waals surface area contributed by atoms with Crippen molar-refractivity contribution in [2.24, 2.45) is 0 Å². The molecule has 2 aliphatic rings. The van der Waals surface area contributed by atoms with Crippen LogP contribution in [0.5, 0.6) is 0 Å². The van der Waals surface area contributed by atoms with Crippen molar-refractivity contribution in [3.8, 4) is 0 Å². The lowest BCUT2D eigenvalue weighted by atomic mass is 10.1. The summed E-state index contributed by atoms with van der Waals surface area (Å²) in [7, 11) is 0. The first kappa shape index (κ1) is 16.3. The van der Waals surface area contributed by atoms with Crippen molar-refractivity contribution in [1.29, 1.82) is 0 Å². The second-order valence-electron chi connectivity index (χ2n) is 6.89. The summed E-state index contributed by atoms with van der Waals surface area (Å²) in [4.78, 5) is 16.0. The van der Waals surface area contributed by atoms with Crippen molar-refractivity contribution >= 4 is 23.4 Å². The highest BCUT2D eigenvalue weighted by Crippen LogP contribution is 2.16. The lowest BCUT2D eigenvalue weighted by Crippen LogP contribution is -2.50. The van der Waals surface area contributed by atoms with Gasteiger partial charge in [-0.2, -0.15) is 0 Å². The molecule has 0 radical (unpaired) electrons. The van der Waals surface area contributed by atoms with Crippen molar-refractivity contribution in [1.82, 2.24) is 15.1 Å². The molecule has 2 fully saturated rings. The van der Waals surface area contributed by atoms with E-state index in [0.29, 0.717) is 6.04 Å². The number of amides is 1. The van der Waals surface area contributed by atoms with Crippen LogP contribution >= 0.6 is 12.2 Å². The monoisotopic (exact) mass is 313 g/mol. The third-order valence-corrected chi connectivity index (χ3v) is 4.24. The summed E-state index contributed by atoms with van der Waals surface area (Å²) in [6, 6.07) is 0.372. The van der Waals surface area contributed by atoms with E-state index >= 15 is 0 Å². The van der Waals surface area contributed by atoms with E-state index in [4.69, 9.17) is 17.0 Å². The SMILES string of the molecule is CC(C)(C)OC(=O)N1CCC(NC(=S)N2CCCC2)CC1. The minimum atomic E-state index is -0.427. The summed E-state index contributed by atoms with van der Waals surface area (Å²) in [5.41, 5.74) is -0.427. The molecule has 2 aliphatic heterocycles. The predicted octanol–water partition coefficient (Wildman–Crippen LogP) is 2.36. The Bertz CT molecular complexity index is 381. The van der Waals surface area contributed by atoms with Gasteiger partial charge in [0.1, 0.15) is 5.60 Å². The lowest BCUT2D eigenvalue weighted by molar-refractivity contribution is 0.0202. The van der Waals surface area contributed by atoms with Crippen molar-refractivity contribution in [3.05, 3.63) is 0 Å². The van der Waals surface area contributed by atoms with Gasteiger partial charge >= 0.3 is 6.09 Å². The highest BCUT2D eigenvalue weighted by atomic mass is 32.1. The molecule has 120 valence electrons. The number of hydrogen-bond acceptors (Lipinski definition) is 3. The maximum Gasteiger partial charge on any atom is 0.410 e. The fourth-order valence-electron chi connectivity index (χ4n) is 2.72. The molecule has 5 nitrogen and oxygen atoms in total. The van der Waals surface area contributed by atoms with Gasteiger partial charge in [-0.1, -0.05) is 0 Å². The van der Waals surface area contributed by atoms with Gasteiger partial charge in [0.05, 0.1) is 0 Å². The van der Waals surface area contributed by atoms with Gasteiger partial charge in [0.15, 0.2) is 5.11 Å². The maximum absolute atomic E-state index is 12.0. The highest BCUT2D eigenvalue weighted by Gasteiger charge is 2.27. The maximum atomic E-state index is 12.0. The Kier molecular flexibility index (Phi) is 5.30. The molecule has 0 aliphatic carbocycles. The van der Waals surface area contributed by atoms with Crippen LogP contribution < -0.4 is 5.32 Å². The van der Waals surface area contributed by atoms with E-state index in [9.17, 15) is 4.79 Å². The van der Waals surface area contributed by atoms with Gasteiger partial charge in [-0.25, -0.2) is 4.79 Å². The third-order valence-electron chi connectivity index (χ3n) is 3.87. The van der Waals surface area contributed by atoms with Crippen LogP contribution in [0, 0.1) is 0 Å². The highest BCUT2D eigenvalue weighted by molar-refractivity contribution is 7.80. The molecule has 0 bridgehead atoms. The molecule has 2 saturated heterocycles. The van der Waals surface area contributed by atoms with Gasteiger partial charge in [-0.05, 0) is 58.7 Å². The van der Waals surface area contributed by atoms with Crippen LogP contribution in [0.4, 0.5) is 4.79 Å². The van der Waals surface area contributed by atoms with Gasteiger partial charge in [-0.3, -0.25) is 0 Å². The van der Waals surface area contributed by atoms with Crippen LogP contribution in [0.25, 0.3) is 0 Å². The average Bonchev–Trinajstić information content (AvgIpc) is 2.91. The predicted molar refractivity (Wildman–Crippen MR) is 87.4 cm³/mol. The van der Waals surface area contributed by atoms with Gasteiger partial charge in [-0.15, -0.1) is 0 Å². The molecule has 0 aromatic carbocycles. The zero-order valence-electron chi connectivity index (χ0n) is 13.4. The quantitative estimate of drug-likeness (QED) is 0.753. The second-order valence-corrected chi connectivity index (χ2v) is 7.27. The normalized spacial score (nSPS) is 20.5. The Balaban J connectivity index is 1.72. The largest absolute Gasteiger partial charge is 0.444 e. The first-order valence-electron chi connectivity index (χ1n) is 7.88. The van der Waals surface area contributed by atoms with E-state index in [0.717, 1.165) is 44.1 Å². The van der Waals surface area contributed by atoms with Crippen LogP contribution in [0.2, 0.25) is 0 Å². The molecular weight excluding hydrogens is 286 g/mol. The number of thiocarbonyl (C=S) groups is 1. The Hall–Kier alpha value is -1.04. The minimum absolute atomic E-state index is 0.205. The smallest absolute Gasteiger partial charge is 0.410 e. The van der Waals surface area contributed by atoms with Crippen LogP contribution in [0.1, 0.15) is 46.5 Å². The minimum Gasteiger partial charge on any atom is -0.444 e. The number of ether oxygens (including phenoxy) is 1. The molecule has 0 unspecified atom stereocenters. The third kappa shape index (κ3) is 5.02. The van der Waals surface area contributed by atoms with Crippen LogP contribution in [-0.2, 0) is 4.74 Å². The molecule has 1 N–H and O–H groups in total. The fraction of sp³-hybridized carbons (Fsp3) is 0.867. The Morgan fingerprint density at radius 2 is 1.67 bits per heavy atom. The molecule has 6 heteroatoms. The summed E-state index contributed by atoms with van der Waals surface area (Å²) in [6.45, 7) is 9.30. The van der Waals surface area contributed by atoms with Gasteiger partial charge in [0.2, 0.25) is 0 Å². The number of carbonyl (C=O) groups is 1. The topological polar surface area (TPSA) is 44.8 Å². The molecule has 0 saturated carbocycles. The fourth-order valence-corrected chi connectivity index (χ4v) is 3.07. The number of piperidine rings is 1. The van der Waals surface area contributed by atoms with Crippen LogP contribution in [0.3, 0.4) is 0 Å². The first-order chi connectivity index (χ1) is 9.85. The van der Waals surface area contributed by atoms with E-state index in [2.05, 4.69) is 10.2 Å². The van der Waals surface area contributed by atoms with E-state index in [1.807, 2.05) is 20.8 Å². The molecule has 0 spiro atoms. The van der Waals surface area contributed by atoms with Crippen molar-refractivity contribution in [2.75, 3.05) is 26.2 Å². The Labute approximate surface area is 133 Å². The van der Waals surface area contributed by atoms with Crippen molar-refractivity contribution in [3.63, 3.8) is 0 Å². The molecule has 0 atom stereocenters. The summed E-state index contributed by atoms with van der Waals surface area (Å²) >= 11 is 5.46. The molecule has 2 heterocycles. The van der Waals surface area contributed by atoms with Crippen LogP contribution in [0.15, 0.2) is 0 Å². The van der Waals surface area contributed by atoms with Crippen LogP contribution in [-0.4, -0.2) is 58.8 Å². The standard InChI is InChI=1S/C15H27N3O2S/c1-15(2,3)20-14(19)18-10-6-12(7-11-18)16-13(21)17-8-4-5-9-17/h12H,4-11H2,1-3H3,(H,16,21). The molecule has 21 heavy (non-hydrogen) atoms. The molecule has 1 amide bonds. The summed E-state index contributed by atoms with van der Waals surface area (Å²) in [5.74, 6) is 0. The number of rotatable bonds is 1. The zero-order chi connectivity index (χ0) is 15.5. The van der Waals surface area contributed by atoms with Gasteiger partial charge < -0.3 is 19.9 Å². The van der Waals surface area contributed by atoms with Gasteiger partial charge in [0, 0.05) is 32.2 Å².